The number of nitrogens with zero attached hydrogens (tertiary/aromatic N) is 2. The van der Waals surface area contributed by atoms with Crippen LogP contribution >= 0.6 is 23.2 Å². The van der Waals surface area contributed by atoms with Crippen molar-refractivity contribution in [2.24, 2.45) is 0 Å². The Balaban J connectivity index is 2.17. The molecule has 0 N–H and O–H groups in total. The summed E-state index contributed by atoms with van der Waals surface area (Å²) in [5.74, 6) is -0.770. The van der Waals surface area contributed by atoms with Crippen molar-refractivity contribution < 1.29 is 19.1 Å². The number of carbonyl (C=O) groups excluding carboxylic acids is 3. The second-order valence-electron chi connectivity index (χ2n) is 5.36. The van der Waals surface area contributed by atoms with Gasteiger partial charge in [0.1, 0.15) is 12.3 Å². The van der Waals surface area contributed by atoms with Gasteiger partial charge in [0.15, 0.2) is 0 Å². The van der Waals surface area contributed by atoms with Crippen LogP contribution in [0.4, 0.5) is 5.69 Å². The third-order valence-electron chi connectivity index (χ3n) is 3.96. The van der Waals surface area contributed by atoms with Crippen molar-refractivity contribution in [3.8, 4) is 0 Å². The van der Waals surface area contributed by atoms with E-state index in [-0.39, 0.29) is 18.7 Å². The second kappa shape index (κ2) is 8.35. The highest BCUT2D eigenvalue weighted by molar-refractivity contribution is 6.42. The summed E-state index contributed by atoms with van der Waals surface area (Å²) < 4.78 is 4.71. The molecule has 0 aliphatic carbocycles. The molecule has 1 heterocycles. The lowest BCUT2D eigenvalue weighted by Gasteiger charge is -2.28. The highest BCUT2D eigenvalue weighted by atomic mass is 35.5. The van der Waals surface area contributed by atoms with Crippen molar-refractivity contribution in [1.82, 2.24) is 4.90 Å². The summed E-state index contributed by atoms with van der Waals surface area (Å²) >= 11 is 12.0. The molecule has 8 heteroatoms. The van der Waals surface area contributed by atoms with Gasteiger partial charge in [-0.25, -0.2) is 4.79 Å². The molecular formula is C16H18Cl2N2O4. The largest absolute Gasteiger partial charge is 0.467 e. The molecule has 1 fully saturated rings. The van der Waals surface area contributed by atoms with Gasteiger partial charge in [0.2, 0.25) is 5.91 Å². The van der Waals surface area contributed by atoms with E-state index in [1.165, 1.54) is 12.0 Å². The number of anilines is 1. The van der Waals surface area contributed by atoms with E-state index in [1.807, 2.05) is 11.0 Å². The Morgan fingerprint density at radius 2 is 2.04 bits per heavy atom. The standard InChI is InChI=1S/C16H18Cl2N2O4/c1-24-16(23)14(5-9-21)20-8-7-19(6-4-15(20)22)11-2-3-12(17)13(18)10-11/h2-3,9-10,14H,4-8H2,1H3. The Morgan fingerprint density at radius 1 is 1.29 bits per heavy atom. The number of halogens is 2. The van der Waals surface area contributed by atoms with E-state index in [0.717, 1.165) is 5.69 Å². The molecule has 6 nitrogen and oxygen atoms in total. The summed E-state index contributed by atoms with van der Waals surface area (Å²) in [5, 5.41) is 0.902. The molecule has 0 radical (unpaired) electrons. The van der Waals surface area contributed by atoms with Crippen molar-refractivity contribution in [2.75, 3.05) is 31.6 Å². The smallest absolute Gasteiger partial charge is 0.329 e. The molecule has 1 aromatic carbocycles. The summed E-state index contributed by atoms with van der Waals surface area (Å²) in [6.45, 7) is 1.31. The van der Waals surface area contributed by atoms with E-state index < -0.39 is 12.0 Å². The number of hydrogen-bond acceptors (Lipinski definition) is 5. The lowest BCUT2D eigenvalue weighted by molar-refractivity contribution is -0.153. The van der Waals surface area contributed by atoms with Gasteiger partial charge in [-0.05, 0) is 18.2 Å². The molecule has 1 amide bonds. The molecule has 1 atom stereocenters. The van der Waals surface area contributed by atoms with Crippen molar-refractivity contribution in [3.05, 3.63) is 28.2 Å². The van der Waals surface area contributed by atoms with Crippen LogP contribution in [0.5, 0.6) is 0 Å². The highest BCUT2D eigenvalue weighted by Crippen LogP contribution is 2.28. The third-order valence-corrected chi connectivity index (χ3v) is 4.70. The Labute approximate surface area is 150 Å². The molecule has 24 heavy (non-hydrogen) atoms. The number of carbonyl (C=O) groups is 3. The van der Waals surface area contributed by atoms with E-state index in [2.05, 4.69) is 0 Å². The molecule has 1 saturated heterocycles. The number of hydrogen-bond donors (Lipinski definition) is 0. The van der Waals surface area contributed by atoms with Gasteiger partial charge in [0.25, 0.3) is 0 Å². The van der Waals surface area contributed by atoms with Crippen LogP contribution in [-0.2, 0) is 19.1 Å². The van der Waals surface area contributed by atoms with Crippen molar-refractivity contribution in [3.63, 3.8) is 0 Å². The molecule has 0 bridgehead atoms. The van der Waals surface area contributed by atoms with Gasteiger partial charge in [-0.15, -0.1) is 0 Å². The molecule has 0 spiro atoms. The van der Waals surface area contributed by atoms with Gasteiger partial charge in [0.05, 0.1) is 17.2 Å². The zero-order valence-electron chi connectivity index (χ0n) is 13.2. The zero-order valence-corrected chi connectivity index (χ0v) is 14.7. The normalized spacial score (nSPS) is 16.5. The van der Waals surface area contributed by atoms with E-state index >= 15 is 0 Å². The molecule has 1 unspecified atom stereocenters. The topological polar surface area (TPSA) is 66.9 Å². The molecule has 1 aliphatic rings. The Bertz CT molecular complexity index is 639. The van der Waals surface area contributed by atoms with Crippen LogP contribution in [0, 0.1) is 0 Å². The molecular weight excluding hydrogens is 355 g/mol. The minimum Gasteiger partial charge on any atom is -0.467 e. The van der Waals surface area contributed by atoms with Crippen LogP contribution in [0.1, 0.15) is 12.8 Å². The Hall–Kier alpha value is -1.79. The summed E-state index contributed by atoms with van der Waals surface area (Å²) in [5.41, 5.74) is 0.851. The minimum atomic E-state index is -0.881. The predicted octanol–water partition coefficient (Wildman–Crippen LogP) is 2.16. The Morgan fingerprint density at radius 3 is 2.67 bits per heavy atom. The highest BCUT2D eigenvalue weighted by Gasteiger charge is 2.32. The van der Waals surface area contributed by atoms with Gasteiger partial charge in [0, 0.05) is 38.2 Å². The number of benzene rings is 1. The second-order valence-corrected chi connectivity index (χ2v) is 6.18. The fourth-order valence-corrected chi connectivity index (χ4v) is 2.98. The first-order valence-corrected chi connectivity index (χ1v) is 8.24. The van der Waals surface area contributed by atoms with Crippen LogP contribution in [0.3, 0.4) is 0 Å². The zero-order chi connectivity index (χ0) is 17.7. The summed E-state index contributed by atoms with van der Waals surface area (Å²) in [4.78, 5) is 38.5. The number of aldehydes is 1. The summed E-state index contributed by atoms with van der Waals surface area (Å²) in [6, 6.07) is 4.40. The van der Waals surface area contributed by atoms with Gasteiger partial charge in [-0.1, -0.05) is 23.2 Å². The first-order valence-electron chi connectivity index (χ1n) is 7.49. The minimum absolute atomic E-state index is 0.0782. The fraction of sp³-hybridized carbons (Fsp3) is 0.438. The van der Waals surface area contributed by atoms with Gasteiger partial charge >= 0.3 is 5.97 Å². The van der Waals surface area contributed by atoms with Crippen molar-refractivity contribution in [1.29, 1.82) is 0 Å². The van der Waals surface area contributed by atoms with Crippen molar-refractivity contribution in [2.45, 2.75) is 18.9 Å². The average molecular weight is 373 g/mol. The number of rotatable bonds is 5. The SMILES string of the molecule is COC(=O)C(CC=O)N1CCN(c2ccc(Cl)c(Cl)c2)CCC1=O. The molecule has 1 aromatic rings. The van der Waals surface area contributed by atoms with Crippen LogP contribution in [0.15, 0.2) is 18.2 Å². The van der Waals surface area contributed by atoms with Crippen LogP contribution in [0.25, 0.3) is 0 Å². The lowest BCUT2D eigenvalue weighted by atomic mass is 10.1. The van der Waals surface area contributed by atoms with E-state index in [4.69, 9.17) is 27.9 Å². The number of amides is 1. The summed E-state index contributed by atoms with van der Waals surface area (Å²) in [7, 11) is 1.24. The van der Waals surface area contributed by atoms with Gasteiger partial charge in [-0.3, -0.25) is 4.79 Å². The average Bonchev–Trinajstić information content (AvgIpc) is 2.76. The maximum Gasteiger partial charge on any atom is 0.329 e. The van der Waals surface area contributed by atoms with Crippen LogP contribution in [0.2, 0.25) is 10.0 Å². The molecule has 0 aromatic heterocycles. The van der Waals surface area contributed by atoms with Crippen LogP contribution < -0.4 is 4.90 Å². The number of methoxy groups -OCH3 is 1. The maximum absolute atomic E-state index is 12.4. The molecule has 2 rings (SSSR count). The van der Waals surface area contributed by atoms with Gasteiger partial charge < -0.3 is 19.3 Å². The number of ether oxygens (including phenoxy) is 1. The fourth-order valence-electron chi connectivity index (χ4n) is 2.69. The predicted molar refractivity (Wildman–Crippen MR) is 91.5 cm³/mol. The monoisotopic (exact) mass is 372 g/mol. The maximum atomic E-state index is 12.4. The van der Waals surface area contributed by atoms with Gasteiger partial charge in [-0.2, -0.15) is 0 Å². The quantitative estimate of drug-likeness (QED) is 0.585. The molecule has 0 saturated carbocycles. The van der Waals surface area contributed by atoms with Crippen LogP contribution in [-0.4, -0.2) is 55.8 Å². The first kappa shape index (κ1) is 18.5. The molecule has 1 aliphatic heterocycles. The molecule has 130 valence electrons. The van der Waals surface area contributed by atoms with Crippen molar-refractivity contribution >= 4 is 47.1 Å². The van der Waals surface area contributed by atoms with E-state index in [9.17, 15) is 14.4 Å². The Kier molecular flexibility index (Phi) is 6.45. The third kappa shape index (κ3) is 4.19. The lowest BCUT2D eigenvalue weighted by Crippen LogP contribution is -2.46. The summed E-state index contributed by atoms with van der Waals surface area (Å²) in [6.07, 6.45) is 0.772. The van der Waals surface area contributed by atoms with E-state index in [0.29, 0.717) is 36.0 Å². The first-order chi connectivity index (χ1) is 11.5. The van der Waals surface area contributed by atoms with E-state index in [1.54, 1.807) is 12.1 Å². The number of esters is 1.